The number of hydrogen-bond acceptors (Lipinski definition) is 2. The molecule has 102 valence electrons. The Labute approximate surface area is 121 Å². The lowest BCUT2D eigenvalue weighted by Crippen LogP contribution is -2.29. The van der Waals surface area contributed by atoms with Gasteiger partial charge in [0, 0.05) is 23.4 Å². The molecule has 4 nitrogen and oxygen atoms in total. The van der Waals surface area contributed by atoms with Crippen LogP contribution in [0.2, 0.25) is 0 Å². The predicted octanol–water partition coefficient (Wildman–Crippen LogP) is 2.92. The molecule has 2 aromatic heterocycles. The maximum Gasteiger partial charge on any atom is 0.310 e. The maximum atomic E-state index is 10.1. The van der Waals surface area contributed by atoms with E-state index in [1.54, 1.807) is 16.9 Å². The van der Waals surface area contributed by atoms with E-state index in [4.69, 9.17) is 0 Å². The van der Waals surface area contributed by atoms with Gasteiger partial charge in [-0.15, -0.1) is 0 Å². The number of nitrogens with zero attached hydrogens (tertiary/aromatic N) is 3. The van der Waals surface area contributed by atoms with Crippen LogP contribution in [0.15, 0.2) is 60.8 Å². The van der Waals surface area contributed by atoms with Crippen LogP contribution in [0, 0.1) is 0 Å². The molecule has 0 atom stereocenters. The van der Waals surface area contributed by atoms with Crippen molar-refractivity contribution in [3.63, 3.8) is 0 Å². The molecule has 2 heterocycles. The van der Waals surface area contributed by atoms with E-state index >= 15 is 0 Å². The minimum atomic E-state index is 0.718. The van der Waals surface area contributed by atoms with E-state index in [1.807, 2.05) is 31.3 Å². The quantitative estimate of drug-likeness (QED) is 0.429. The monoisotopic (exact) mass is 276 g/mol. The van der Waals surface area contributed by atoms with Gasteiger partial charge in [-0.2, -0.15) is 5.10 Å². The molecule has 0 radical (unpaired) electrons. The predicted molar refractivity (Wildman–Crippen MR) is 81.0 cm³/mol. The van der Waals surface area contributed by atoms with Gasteiger partial charge in [0.2, 0.25) is 6.20 Å². The summed E-state index contributed by atoms with van der Waals surface area (Å²) in [5.74, 6) is 0. The van der Waals surface area contributed by atoms with Gasteiger partial charge in [-0.1, -0.05) is 36.4 Å². The molecule has 0 fully saturated rings. The second-order valence-corrected chi connectivity index (χ2v) is 5.12. The van der Waals surface area contributed by atoms with E-state index in [2.05, 4.69) is 29.4 Å². The fourth-order valence-corrected chi connectivity index (χ4v) is 2.76. The first kappa shape index (κ1) is 11.9. The molecule has 21 heavy (non-hydrogen) atoms. The Morgan fingerprint density at radius 3 is 2.67 bits per heavy atom. The zero-order valence-electron chi connectivity index (χ0n) is 11.6. The van der Waals surface area contributed by atoms with E-state index in [0.29, 0.717) is 0 Å². The number of aromatic nitrogens is 3. The van der Waals surface area contributed by atoms with Crippen LogP contribution in [-0.2, 0) is 7.05 Å². The molecule has 0 saturated heterocycles. The molecule has 0 spiro atoms. The van der Waals surface area contributed by atoms with Crippen LogP contribution >= 0.6 is 0 Å². The summed E-state index contributed by atoms with van der Waals surface area (Å²) in [6.45, 7) is 0. The molecule has 0 bridgehead atoms. The summed E-state index contributed by atoms with van der Waals surface area (Å²) in [4.78, 5) is 0. The smallest absolute Gasteiger partial charge is 0.284 e. The summed E-state index contributed by atoms with van der Waals surface area (Å²) in [7, 11) is 1.88. The minimum Gasteiger partial charge on any atom is -0.284 e. The zero-order valence-corrected chi connectivity index (χ0v) is 11.6. The van der Waals surface area contributed by atoms with Crippen LogP contribution in [0.1, 0.15) is 0 Å². The van der Waals surface area contributed by atoms with Crippen LogP contribution < -0.4 is 4.73 Å². The number of benzene rings is 2. The summed E-state index contributed by atoms with van der Waals surface area (Å²) in [6, 6.07) is 18.2. The van der Waals surface area contributed by atoms with Gasteiger partial charge in [-0.3, -0.25) is 9.89 Å². The first-order valence-electron chi connectivity index (χ1n) is 6.80. The molecule has 2 aromatic carbocycles. The third-order valence-electron chi connectivity index (χ3n) is 3.80. The lowest BCUT2D eigenvalue weighted by atomic mass is 10.0. The molecule has 0 unspecified atom stereocenters. The van der Waals surface area contributed by atoms with Gasteiger partial charge < -0.3 is 0 Å². The van der Waals surface area contributed by atoms with Gasteiger partial charge in [0.05, 0.1) is 0 Å². The molecular weight excluding hydrogens is 262 g/mol. The fourth-order valence-electron chi connectivity index (χ4n) is 2.76. The first-order valence-corrected chi connectivity index (χ1v) is 6.80. The van der Waals surface area contributed by atoms with Crippen molar-refractivity contribution < 1.29 is 9.94 Å². The van der Waals surface area contributed by atoms with Crippen molar-refractivity contribution in [2.75, 3.05) is 0 Å². The van der Waals surface area contributed by atoms with Crippen molar-refractivity contribution in [3.05, 3.63) is 60.8 Å². The van der Waals surface area contributed by atoms with Gasteiger partial charge in [0.15, 0.2) is 5.69 Å². The highest BCUT2D eigenvalue weighted by atomic mass is 16.5. The van der Waals surface area contributed by atoms with Crippen molar-refractivity contribution >= 4 is 21.8 Å². The van der Waals surface area contributed by atoms with Crippen LogP contribution in [0.3, 0.4) is 0 Å². The van der Waals surface area contributed by atoms with Gasteiger partial charge >= 0.3 is 5.52 Å². The molecule has 1 N–H and O–H groups in total. The fraction of sp³-hybridized carbons (Fsp3) is 0.0588. The molecule has 0 aliphatic heterocycles. The van der Waals surface area contributed by atoms with E-state index in [1.165, 1.54) is 5.39 Å². The lowest BCUT2D eigenvalue weighted by molar-refractivity contribution is -0.884. The lowest BCUT2D eigenvalue weighted by Gasteiger charge is -2.00. The summed E-state index contributed by atoms with van der Waals surface area (Å²) in [5.41, 5.74) is 3.38. The van der Waals surface area contributed by atoms with Crippen molar-refractivity contribution in [2.24, 2.45) is 7.05 Å². The van der Waals surface area contributed by atoms with Crippen molar-refractivity contribution in [1.29, 1.82) is 0 Å². The molecule has 0 saturated carbocycles. The van der Waals surface area contributed by atoms with E-state index in [9.17, 15) is 5.21 Å². The minimum absolute atomic E-state index is 0.718. The van der Waals surface area contributed by atoms with Gasteiger partial charge in [-0.25, -0.2) is 0 Å². The Morgan fingerprint density at radius 1 is 1.00 bits per heavy atom. The highest BCUT2D eigenvalue weighted by Gasteiger charge is 2.21. The highest BCUT2D eigenvalue weighted by Crippen LogP contribution is 2.27. The van der Waals surface area contributed by atoms with Crippen molar-refractivity contribution in [2.45, 2.75) is 0 Å². The molecule has 0 aliphatic carbocycles. The molecule has 0 amide bonds. The largest absolute Gasteiger partial charge is 0.310 e. The standard InChI is InChI=1S/C17H14N3O/c1-19-15-7-4-10-20(21)17(15)16(18-19)14-9-8-12-5-2-3-6-13(12)11-14/h2-11,21H,1H3/q+1. The maximum absolute atomic E-state index is 10.1. The zero-order chi connectivity index (χ0) is 14.4. The molecule has 4 heteroatoms. The summed E-state index contributed by atoms with van der Waals surface area (Å²) < 4.78 is 2.92. The van der Waals surface area contributed by atoms with Crippen LogP contribution in [0.25, 0.3) is 33.1 Å². The van der Waals surface area contributed by atoms with Crippen molar-refractivity contribution in [3.8, 4) is 11.3 Å². The summed E-state index contributed by atoms with van der Waals surface area (Å²) in [5, 5.41) is 17.0. The molecule has 4 rings (SSSR count). The molecule has 4 aromatic rings. The normalized spacial score (nSPS) is 11.3. The van der Waals surface area contributed by atoms with Crippen LogP contribution in [0.4, 0.5) is 0 Å². The average molecular weight is 276 g/mol. The van der Waals surface area contributed by atoms with E-state index in [0.717, 1.165) is 32.4 Å². The average Bonchev–Trinajstić information content (AvgIpc) is 2.86. The van der Waals surface area contributed by atoms with Crippen molar-refractivity contribution in [1.82, 2.24) is 9.78 Å². The van der Waals surface area contributed by atoms with E-state index < -0.39 is 0 Å². The Morgan fingerprint density at radius 2 is 1.81 bits per heavy atom. The highest BCUT2D eigenvalue weighted by molar-refractivity contribution is 5.92. The topological polar surface area (TPSA) is 41.9 Å². The van der Waals surface area contributed by atoms with Gasteiger partial charge in [0.25, 0.3) is 0 Å². The number of hydrogen-bond donors (Lipinski definition) is 1. The number of pyridine rings is 1. The third-order valence-corrected chi connectivity index (χ3v) is 3.80. The molecular formula is C17H14N3O+. The number of rotatable bonds is 1. The number of fused-ring (bicyclic) bond motifs is 2. The number of aryl methyl sites for hydroxylation is 1. The van der Waals surface area contributed by atoms with Gasteiger partial charge in [0.1, 0.15) is 5.52 Å². The Balaban J connectivity index is 2.04. The van der Waals surface area contributed by atoms with Gasteiger partial charge in [-0.05, 0) is 22.9 Å². The first-order chi connectivity index (χ1) is 10.2. The SMILES string of the molecule is Cn1nc(-c2ccc3ccccc3c2)c2c1ccc[n+]2O. The molecule has 0 aliphatic rings. The third kappa shape index (κ3) is 1.76. The van der Waals surface area contributed by atoms with Crippen LogP contribution in [-0.4, -0.2) is 15.0 Å². The Bertz CT molecular complexity index is 972. The van der Waals surface area contributed by atoms with E-state index in [-0.39, 0.29) is 0 Å². The Kier molecular flexibility index (Phi) is 2.44. The summed E-state index contributed by atoms with van der Waals surface area (Å²) >= 11 is 0. The van der Waals surface area contributed by atoms with Crippen LogP contribution in [0.5, 0.6) is 0 Å². The summed E-state index contributed by atoms with van der Waals surface area (Å²) in [6.07, 6.45) is 1.62. The second-order valence-electron chi connectivity index (χ2n) is 5.12. The second kappa shape index (κ2) is 4.31. The Hall–Kier alpha value is -2.88.